The van der Waals surface area contributed by atoms with Crippen molar-refractivity contribution in [3.05, 3.63) is 0 Å². The maximum absolute atomic E-state index is 12.1. The van der Waals surface area contributed by atoms with E-state index in [-0.39, 0.29) is 23.3 Å². The van der Waals surface area contributed by atoms with Crippen molar-refractivity contribution in [3.63, 3.8) is 0 Å². The first kappa shape index (κ1) is 14.5. The molecule has 100 valence electrons. The second-order valence-corrected chi connectivity index (χ2v) is 7.11. The van der Waals surface area contributed by atoms with Crippen LogP contribution < -0.4 is 5.32 Å². The van der Waals surface area contributed by atoms with Gasteiger partial charge >= 0.3 is 0 Å². The number of carbonyl (C=O) groups is 1. The van der Waals surface area contributed by atoms with Crippen LogP contribution in [0.1, 0.15) is 53.9 Å². The van der Waals surface area contributed by atoms with Crippen LogP contribution >= 0.6 is 0 Å². The van der Waals surface area contributed by atoms with Gasteiger partial charge < -0.3 is 10.4 Å². The van der Waals surface area contributed by atoms with Crippen molar-refractivity contribution >= 4 is 5.91 Å². The van der Waals surface area contributed by atoms with Crippen LogP contribution in [0.3, 0.4) is 0 Å². The number of rotatable bonds is 4. The molecule has 0 aromatic rings. The summed E-state index contributed by atoms with van der Waals surface area (Å²) in [5.41, 5.74) is -0.288. The molecule has 0 atom stereocenters. The second-order valence-electron chi connectivity index (χ2n) is 7.11. The Morgan fingerprint density at radius 3 is 2.06 bits per heavy atom. The fourth-order valence-corrected chi connectivity index (χ4v) is 1.81. The van der Waals surface area contributed by atoms with Crippen LogP contribution in [0.5, 0.6) is 0 Å². The van der Waals surface area contributed by atoms with E-state index in [2.05, 4.69) is 39.9 Å². The van der Waals surface area contributed by atoms with Crippen molar-refractivity contribution < 1.29 is 9.90 Å². The summed E-state index contributed by atoms with van der Waals surface area (Å²) in [6.45, 7) is 11.5. The van der Waals surface area contributed by atoms with E-state index in [1.54, 1.807) is 0 Å². The second kappa shape index (κ2) is 4.60. The third-order valence-electron chi connectivity index (χ3n) is 4.82. The summed E-state index contributed by atoms with van der Waals surface area (Å²) < 4.78 is 0. The number of amides is 1. The zero-order valence-electron chi connectivity index (χ0n) is 11.9. The highest BCUT2D eigenvalue weighted by Crippen LogP contribution is 2.41. The molecule has 17 heavy (non-hydrogen) atoms. The van der Waals surface area contributed by atoms with E-state index in [1.807, 2.05) is 0 Å². The van der Waals surface area contributed by atoms with Gasteiger partial charge in [0.25, 0.3) is 0 Å². The summed E-state index contributed by atoms with van der Waals surface area (Å²) in [7, 11) is 0. The average molecular weight is 241 g/mol. The molecule has 1 amide bonds. The van der Waals surface area contributed by atoms with E-state index in [1.165, 1.54) is 0 Å². The van der Waals surface area contributed by atoms with Gasteiger partial charge in [-0.2, -0.15) is 0 Å². The van der Waals surface area contributed by atoms with Crippen LogP contribution in [0.2, 0.25) is 0 Å². The lowest BCUT2D eigenvalue weighted by atomic mass is 9.67. The van der Waals surface area contributed by atoms with Gasteiger partial charge in [-0.1, -0.05) is 41.0 Å². The molecule has 3 nitrogen and oxygen atoms in total. The molecule has 1 saturated carbocycles. The summed E-state index contributed by atoms with van der Waals surface area (Å²) in [6, 6.07) is 0. The van der Waals surface area contributed by atoms with Gasteiger partial charge in [0.15, 0.2) is 0 Å². The van der Waals surface area contributed by atoms with Gasteiger partial charge in [0.1, 0.15) is 0 Å². The van der Waals surface area contributed by atoms with Crippen LogP contribution in [-0.4, -0.2) is 24.2 Å². The summed E-state index contributed by atoms with van der Waals surface area (Å²) in [5, 5.41) is 12.4. The zero-order valence-corrected chi connectivity index (χ0v) is 11.9. The summed E-state index contributed by atoms with van der Waals surface area (Å²) in [5.74, 6) is 0.0311. The number of hydrogen-bond acceptors (Lipinski definition) is 2. The SMILES string of the molecule is CC(C)(C)C(C)(C)CNC(=O)C1(CO)CCC1. The molecule has 0 aromatic carbocycles. The lowest BCUT2D eigenvalue weighted by Crippen LogP contribution is -2.51. The molecule has 1 aliphatic rings. The van der Waals surface area contributed by atoms with Gasteiger partial charge in [0, 0.05) is 6.54 Å². The Labute approximate surface area is 105 Å². The topological polar surface area (TPSA) is 49.3 Å². The first-order chi connectivity index (χ1) is 7.65. The quantitative estimate of drug-likeness (QED) is 0.793. The lowest BCUT2D eigenvalue weighted by Gasteiger charge is -2.42. The average Bonchev–Trinajstić information content (AvgIpc) is 2.12. The van der Waals surface area contributed by atoms with E-state index in [4.69, 9.17) is 0 Å². The van der Waals surface area contributed by atoms with Crippen LogP contribution in [0, 0.1) is 16.2 Å². The summed E-state index contributed by atoms with van der Waals surface area (Å²) in [4.78, 5) is 12.1. The standard InChI is InChI=1S/C14H27NO2/c1-12(2,3)13(4,5)9-15-11(17)14(10-16)7-6-8-14/h16H,6-10H2,1-5H3,(H,15,17). The van der Waals surface area contributed by atoms with E-state index in [0.29, 0.717) is 6.54 Å². The van der Waals surface area contributed by atoms with Gasteiger partial charge in [0.2, 0.25) is 5.91 Å². The Kier molecular flexibility index (Phi) is 3.92. The van der Waals surface area contributed by atoms with Gasteiger partial charge in [-0.05, 0) is 23.7 Å². The van der Waals surface area contributed by atoms with Crippen molar-refractivity contribution in [2.75, 3.05) is 13.2 Å². The maximum Gasteiger partial charge on any atom is 0.228 e. The van der Waals surface area contributed by atoms with E-state index in [9.17, 15) is 9.90 Å². The summed E-state index contributed by atoms with van der Waals surface area (Å²) in [6.07, 6.45) is 2.70. The number of hydrogen-bond donors (Lipinski definition) is 2. The Morgan fingerprint density at radius 1 is 1.24 bits per heavy atom. The molecule has 0 aromatic heterocycles. The van der Waals surface area contributed by atoms with Crippen molar-refractivity contribution in [2.45, 2.75) is 53.9 Å². The smallest absolute Gasteiger partial charge is 0.228 e. The molecular formula is C14H27NO2. The highest BCUT2D eigenvalue weighted by Gasteiger charge is 2.44. The molecule has 0 bridgehead atoms. The lowest BCUT2D eigenvalue weighted by molar-refractivity contribution is -0.140. The molecule has 0 heterocycles. The minimum absolute atomic E-state index is 0.0191. The van der Waals surface area contributed by atoms with Crippen LogP contribution in [0.4, 0.5) is 0 Å². The van der Waals surface area contributed by atoms with Crippen molar-refractivity contribution in [1.29, 1.82) is 0 Å². The molecule has 1 fully saturated rings. The molecule has 0 radical (unpaired) electrons. The Morgan fingerprint density at radius 2 is 1.76 bits per heavy atom. The molecule has 0 unspecified atom stereocenters. The number of aliphatic hydroxyl groups excluding tert-OH is 1. The fourth-order valence-electron chi connectivity index (χ4n) is 1.81. The Balaban J connectivity index is 2.54. The minimum atomic E-state index is -0.478. The molecule has 1 aliphatic carbocycles. The monoisotopic (exact) mass is 241 g/mol. The first-order valence-corrected chi connectivity index (χ1v) is 6.54. The van der Waals surface area contributed by atoms with E-state index >= 15 is 0 Å². The predicted octanol–water partition coefficient (Wildman–Crippen LogP) is 2.34. The fraction of sp³-hybridized carbons (Fsp3) is 0.929. The third-order valence-corrected chi connectivity index (χ3v) is 4.82. The number of nitrogens with one attached hydrogen (secondary N) is 1. The van der Waals surface area contributed by atoms with Gasteiger partial charge in [-0.3, -0.25) is 4.79 Å². The Bertz CT molecular complexity index is 280. The Hall–Kier alpha value is -0.570. The predicted molar refractivity (Wildman–Crippen MR) is 69.6 cm³/mol. The third kappa shape index (κ3) is 2.82. The molecule has 0 spiro atoms. The van der Waals surface area contributed by atoms with Crippen LogP contribution in [0.25, 0.3) is 0 Å². The van der Waals surface area contributed by atoms with E-state index < -0.39 is 5.41 Å². The minimum Gasteiger partial charge on any atom is -0.395 e. The first-order valence-electron chi connectivity index (χ1n) is 6.54. The highest BCUT2D eigenvalue weighted by molar-refractivity contribution is 5.83. The van der Waals surface area contributed by atoms with Crippen molar-refractivity contribution in [2.24, 2.45) is 16.2 Å². The zero-order chi connectivity index (χ0) is 13.3. The summed E-state index contributed by atoms with van der Waals surface area (Å²) >= 11 is 0. The highest BCUT2D eigenvalue weighted by atomic mass is 16.3. The van der Waals surface area contributed by atoms with Crippen LogP contribution in [-0.2, 0) is 4.79 Å². The van der Waals surface area contributed by atoms with Crippen molar-refractivity contribution in [3.8, 4) is 0 Å². The molecule has 3 heteroatoms. The molecule has 1 rings (SSSR count). The molecular weight excluding hydrogens is 214 g/mol. The molecule has 2 N–H and O–H groups in total. The number of carbonyl (C=O) groups excluding carboxylic acids is 1. The van der Waals surface area contributed by atoms with Crippen molar-refractivity contribution in [1.82, 2.24) is 5.32 Å². The van der Waals surface area contributed by atoms with Crippen LogP contribution in [0.15, 0.2) is 0 Å². The van der Waals surface area contributed by atoms with Gasteiger partial charge in [0.05, 0.1) is 12.0 Å². The maximum atomic E-state index is 12.1. The molecule has 0 saturated heterocycles. The normalized spacial score (nSPS) is 19.6. The van der Waals surface area contributed by atoms with Gasteiger partial charge in [-0.25, -0.2) is 0 Å². The van der Waals surface area contributed by atoms with Gasteiger partial charge in [-0.15, -0.1) is 0 Å². The molecule has 0 aliphatic heterocycles. The van der Waals surface area contributed by atoms with E-state index in [0.717, 1.165) is 19.3 Å². The number of aliphatic hydroxyl groups is 1. The largest absolute Gasteiger partial charge is 0.395 e.